The molecule has 1 fully saturated rings. The van der Waals surface area contributed by atoms with Crippen LogP contribution in [0.2, 0.25) is 0 Å². The Morgan fingerprint density at radius 1 is 1.41 bits per heavy atom. The molecule has 0 aromatic heterocycles. The Kier molecular flexibility index (Phi) is 7.88. The molecule has 0 radical (unpaired) electrons. The second-order valence-corrected chi connectivity index (χ2v) is 7.24. The number of aliphatic imine (C=N–C) groups is 1. The van der Waals surface area contributed by atoms with Crippen LogP contribution in [-0.4, -0.2) is 63.1 Å². The zero-order valence-electron chi connectivity index (χ0n) is 16.9. The largest absolute Gasteiger partial charge is 0.369 e. The topological polar surface area (TPSA) is 60.0 Å². The van der Waals surface area contributed by atoms with Crippen LogP contribution < -0.4 is 15.5 Å². The fourth-order valence-electron chi connectivity index (χ4n) is 3.16. The van der Waals surface area contributed by atoms with Crippen molar-refractivity contribution in [2.24, 2.45) is 4.99 Å². The number of piperidine rings is 1. The molecule has 1 aromatic rings. The van der Waals surface area contributed by atoms with Crippen LogP contribution in [0.1, 0.15) is 31.7 Å². The molecule has 27 heavy (non-hydrogen) atoms. The normalized spacial score (nSPS) is 17.6. The average Bonchev–Trinajstić information content (AvgIpc) is 2.63. The van der Waals surface area contributed by atoms with Gasteiger partial charge in [-0.3, -0.25) is 4.79 Å². The maximum absolute atomic E-state index is 13.4. The number of carbonyl (C=O) groups excluding carboxylic acids is 1. The van der Waals surface area contributed by atoms with Gasteiger partial charge in [0, 0.05) is 45.5 Å². The quantitative estimate of drug-likeness (QED) is 0.589. The summed E-state index contributed by atoms with van der Waals surface area (Å²) in [6, 6.07) is 5.17. The average molecular weight is 378 g/mol. The highest BCUT2D eigenvalue weighted by Gasteiger charge is 2.22. The first-order valence-electron chi connectivity index (χ1n) is 9.66. The van der Waals surface area contributed by atoms with E-state index in [4.69, 9.17) is 0 Å². The SMILES string of the molecule is CCCNC(=NCC(=O)N(C)C)NC1CCCN(c2ccc(F)cc2C)C1. The van der Waals surface area contributed by atoms with Crippen LogP contribution in [0, 0.1) is 12.7 Å². The Bertz CT molecular complexity index is 662. The molecule has 1 saturated heterocycles. The highest BCUT2D eigenvalue weighted by atomic mass is 19.1. The Labute approximate surface area is 161 Å². The Morgan fingerprint density at radius 3 is 2.85 bits per heavy atom. The van der Waals surface area contributed by atoms with Crippen molar-refractivity contribution in [2.45, 2.75) is 39.2 Å². The number of hydrogen-bond acceptors (Lipinski definition) is 3. The van der Waals surface area contributed by atoms with Crippen molar-refractivity contribution in [1.29, 1.82) is 0 Å². The minimum atomic E-state index is -0.202. The van der Waals surface area contributed by atoms with Crippen molar-refractivity contribution in [3.05, 3.63) is 29.6 Å². The molecule has 1 amide bonds. The lowest BCUT2D eigenvalue weighted by atomic mass is 10.0. The zero-order chi connectivity index (χ0) is 19.8. The predicted molar refractivity (Wildman–Crippen MR) is 109 cm³/mol. The van der Waals surface area contributed by atoms with Crippen molar-refractivity contribution >= 4 is 17.6 Å². The van der Waals surface area contributed by atoms with Crippen LogP contribution in [-0.2, 0) is 4.79 Å². The lowest BCUT2D eigenvalue weighted by molar-refractivity contribution is -0.127. The summed E-state index contributed by atoms with van der Waals surface area (Å²) in [5.41, 5.74) is 2.02. The highest BCUT2D eigenvalue weighted by molar-refractivity contribution is 5.85. The summed E-state index contributed by atoms with van der Waals surface area (Å²) < 4.78 is 13.4. The smallest absolute Gasteiger partial charge is 0.243 e. The van der Waals surface area contributed by atoms with Crippen LogP contribution in [0.4, 0.5) is 10.1 Å². The van der Waals surface area contributed by atoms with E-state index >= 15 is 0 Å². The second kappa shape index (κ2) is 10.1. The molecule has 1 atom stereocenters. The molecular weight excluding hydrogens is 345 g/mol. The molecule has 7 heteroatoms. The number of carbonyl (C=O) groups is 1. The van der Waals surface area contributed by atoms with Gasteiger partial charge in [0.2, 0.25) is 5.91 Å². The van der Waals surface area contributed by atoms with E-state index in [0.717, 1.165) is 50.1 Å². The van der Waals surface area contributed by atoms with E-state index in [1.165, 1.54) is 6.07 Å². The Morgan fingerprint density at radius 2 is 2.19 bits per heavy atom. The summed E-state index contributed by atoms with van der Waals surface area (Å²) in [5.74, 6) is 0.446. The van der Waals surface area contributed by atoms with E-state index in [1.807, 2.05) is 13.0 Å². The number of halogens is 1. The third kappa shape index (κ3) is 6.41. The third-order valence-corrected chi connectivity index (χ3v) is 4.68. The lowest BCUT2D eigenvalue weighted by Crippen LogP contribution is -2.51. The van der Waals surface area contributed by atoms with Crippen molar-refractivity contribution in [3.8, 4) is 0 Å². The minimum Gasteiger partial charge on any atom is -0.369 e. The molecule has 1 aliphatic heterocycles. The number of rotatable bonds is 6. The van der Waals surface area contributed by atoms with Gasteiger partial charge in [-0.15, -0.1) is 0 Å². The highest BCUT2D eigenvalue weighted by Crippen LogP contribution is 2.24. The number of anilines is 1. The fourth-order valence-corrected chi connectivity index (χ4v) is 3.16. The summed E-state index contributed by atoms with van der Waals surface area (Å²) in [6.45, 7) is 6.74. The monoisotopic (exact) mass is 377 g/mol. The van der Waals surface area contributed by atoms with Gasteiger partial charge in [0.1, 0.15) is 12.4 Å². The first-order chi connectivity index (χ1) is 12.9. The van der Waals surface area contributed by atoms with Gasteiger partial charge in [0.15, 0.2) is 5.96 Å². The maximum Gasteiger partial charge on any atom is 0.243 e. The molecule has 0 saturated carbocycles. The second-order valence-electron chi connectivity index (χ2n) is 7.24. The Hall–Kier alpha value is -2.31. The van der Waals surface area contributed by atoms with Crippen LogP contribution in [0.3, 0.4) is 0 Å². The van der Waals surface area contributed by atoms with E-state index in [9.17, 15) is 9.18 Å². The van der Waals surface area contributed by atoms with E-state index in [1.54, 1.807) is 25.1 Å². The first-order valence-corrected chi connectivity index (χ1v) is 9.66. The number of aryl methyl sites for hydroxylation is 1. The summed E-state index contributed by atoms with van der Waals surface area (Å²) in [4.78, 5) is 20.1. The van der Waals surface area contributed by atoms with Crippen molar-refractivity contribution in [1.82, 2.24) is 15.5 Å². The summed E-state index contributed by atoms with van der Waals surface area (Å²) in [7, 11) is 3.46. The van der Waals surface area contributed by atoms with Gasteiger partial charge < -0.3 is 20.4 Å². The third-order valence-electron chi connectivity index (χ3n) is 4.68. The Balaban J connectivity index is 2.03. The molecule has 1 unspecified atom stereocenters. The molecule has 150 valence electrons. The van der Waals surface area contributed by atoms with Crippen molar-refractivity contribution < 1.29 is 9.18 Å². The van der Waals surface area contributed by atoms with Gasteiger partial charge >= 0.3 is 0 Å². The number of nitrogens with zero attached hydrogens (tertiary/aromatic N) is 3. The van der Waals surface area contributed by atoms with Crippen LogP contribution in [0.15, 0.2) is 23.2 Å². The number of amides is 1. The summed E-state index contributed by atoms with van der Waals surface area (Å²) >= 11 is 0. The van der Waals surface area contributed by atoms with Crippen LogP contribution in [0.25, 0.3) is 0 Å². The van der Waals surface area contributed by atoms with E-state index in [-0.39, 0.29) is 24.3 Å². The molecule has 2 rings (SSSR count). The molecular formula is C20H32FN5O. The standard InChI is InChI=1S/C20H32FN5O/c1-5-10-22-20(23-13-19(27)25(3)4)24-17-7-6-11-26(14-17)18-9-8-16(21)12-15(18)2/h8-9,12,17H,5-7,10-11,13-14H2,1-4H3,(H2,22,23,24). The van der Waals surface area contributed by atoms with Crippen LogP contribution in [0.5, 0.6) is 0 Å². The molecule has 1 aromatic carbocycles. The van der Waals surface area contributed by atoms with E-state index < -0.39 is 0 Å². The maximum atomic E-state index is 13.4. The molecule has 0 bridgehead atoms. The molecule has 0 spiro atoms. The number of benzene rings is 1. The first kappa shape index (κ1) is 21.0. The number of guanidine groups is 1. The molecule has 1 aliphatic rings. The summed E-state index contributed by atoms with van der Waals surface area (Å²) in [5, 5.41) is 6.75. The lowest BCUT2D eigenvalue weighted by Gasteiger charge is -2.36. The van der Waals surface area contributed by atoms with Crippen LogP contribution >= 0.6 is 0 Å². The molecule has 1 heterocycles. The van der Waals surface area contributed by atoms with Gasteiger partial charge in [0.05, 0.1) is 0 Å². The summed E-state index contributed by atoms with van der Waals surface area (Å²) in [6.07, 6.45) is 3.06. The van der Waals surface area contributed by atoms with Gasteiger partial charge in [-0.2, -0.15) is 0 Å². The molecule has 6 nitrogen and oxygen atoms in total. The van der Waals surface area contributed by atoms with Gasteiger partial charge in [0.25, 0.3) is 0 Å². The van der Waals surface area contributed by atoms with Gasteiger partial charge in [-0.25, -0.2) is 9.38 Å². The van der Waals surface area contributed by atoms with Gasteiger partial charge in [-0.1, -0.05) is 6.92 Å². The predicted octanol–water partition coefficient (Wildman–Crippen LogP) is 2.14. The minimum absolute atomic E-state index is 0.0280. The molecule has 2 N–H and O–H groups in total. The number of likely N-dealkylation sites (N-methyl/N-ethyl adjacent to an activating group) is 1. The fraction of sp³-hybridized carbons (Fsp3) is 0.600. The number of hydrogen-bond donors (Lipinski definition) is 2. The zero-order valence-corrected chi connectivity index (χ0v) is 16.9. The molecule has 0 aliphatic carbocycles. The van der Waals surface area contributed by atoms with Crippen molar-refractivity contribution in [2.75, 3.05) is 45.2 Å². The van der Waals surface area contributed by atoms with E-state index in [2.05, 4.69) is 27.4 Å². The van der Waals surface area contributed by atoms with Gasteiger partial charge in [-0.05, 0) is 49.9 Å². The van der Waals surface area contributed by atoms with E-state index in [0.29, 0.717) is 5.96 Å². The van der Waals surface area contributed by atoms with Crippen molar-refractivity contribution in [3.63, 3.8) is 0 Å². The number of nitrogens with one attached hydrogen (secondary N) is 2.